The highest BCUT2D eigenvalue weighted by Gasteiger charge is 2.32. The van der Waals surface area contributed by atoms with Gasteiger partial charge in [-0.3, -0.25) is 15.0 Å². The second-order valence-electron chi connectivity index (χ2n) is 8.35. The van der Waals surface area contributed by atoms with E-state index in [1.165, 1.54) is 16.4 Å². The highest BCUT2D eigenvalue weighted by atomic mass is 32.2. The number of nitrogens with zero attached hydrogens (tertiary/aromatic N) is 5. The van der Waals surface area contributed by atoms with E-state index in [1.54, 1.807) is 18.2 Å². The van der Waals surface area contributed by atoms with Gasteiger partial charge in [-0.1, -0.05) is 12.1 Å². The minimum atomic E-state index is -3.91. The molecule has 0 amide bonds. The molecule has 0 unspecified atom stereocenters. The van der Waals surface area contributed by atoms with Gasteiger partial charge in [-0.15, -0.1) is 0 Å². The van der Waals surface area contributed by atoms with Gasteiger partial charge >= 0.3 is 0 Å². The van der Waals surface area contributed by atoms with Crippen LogP contribution in [-0.2, 0) is 21.3 Å². The molecule has 2 fully saturated rings. The van der Waals surface area contributed by atoms with Gasteiger partial charge in [-0.05, 0) is 30.2 Å². The Kier molecular flexibility index (Phi) is 7.43. The molecule has 2 aromatic carbocycles. The Balaban J connectivity index is 1.56. The van der Waals surface area contributed by atoms with Crippen molar-refractivity contribution in [3.8, 4) is 6.07 Å². The number of nitriles is 1. The third-order valence-electron chi connectivity index (χ3n) is 6.16. The van der Waals surface area contributed by atoms with E-state index < -0.39 is 14.9 Å². The fourth-order valence-electron chi connectivity index (χ4n) is 4.32. The number of ether oxygens (including phenoxy) is 1. The lowest BCUT2D eigenvalue weighted by molar-refractivity contribution is -0.385. The van der Waals surface area contributed by atoms with Crippen molar-refractivity contribution in [2.24, 2.45) is 0 Å². The largest absolute Gasteiger partial charge is 0.379 e. The maximum Gasteiger partial charge on any atom is 0.270 e. The molecule has 4 rings (SSSR count). The normalized spacial score (nSPS) is 18.3. The van der Waals surface area contributed by atoms with Gasteiger partial charge < -0.3 is 9.64 Å². The molecule has 34 heavy (non-hydrogen) atoms. The van der Waals surface area contributed by atoms with Crippen LogP contribution >= 0.6 is 0 Å². The summed E-state index contributed by atoms with van der Waals surface area (Å²) >= 11 is 0. The molecule has 0 aromatic heterocycles. The van der Waals surface area contributed by atoms with Crippen LogP contribution < -0.4 is 4.90 Å². The number of sulfonamides is 1. The number of nitro groups is 1. The van der Waals surface area contributed by atoms with Gasteiger partial charge in [0.05, 0.1) is 35.5 Å². The number of rotatable bonds is 6. The van der Waals surface area contributed by atoms with E-state index in [1.807, 2.05) is 17.0 Å². The van der Waals surface area contributed by atoms with Gasteiger partial charge in [-0.25, -0.2) is 8.42 Å². The Labute approximate surface area is 199 Å². The number of morpholine rings is 1. The first-order valence-electron chi connectivity index (χ1n) is 11.2. The second-order valence-corrected chi connectivity index (χ2v) is 10.3. The van der Waals surface area contributed by atoms with Gasteiger partial charge in [0.2, 0.25) is 10.0 Å². The van der Waals surface area contributed by atoms with Crippen molar-refractivity contribution >= 4 is 21.4 Å². The van der Waals surface area contributed by atoms with E-state index >= 15 is 0 Å². The number of hydrogen-bond donors (Lipinski definition) is 0. The highest BCUT2D eigenvalue weighted by Crippen LogP contribution is 2.32. The molecule has 2 aliphatic heterocycles. The molecule has 180 valence electrons. The summed E-state index contributed by atoms with van der Waals surface area (Å²) in [6.07, 6.45) is 0.824. The fraction of sp³-hybridized carbons (Fsp3) is 0.435. The quantitative estimate of drug-likeness (QED) is 0.451. The summed E-state index contributed by atoms with van der Waals surface area (Å²) in [6, 6.07) is 13.7. The second kappa shape index (κ2) is 10.5. The summed E-state index contributed by atoms with van der Waals surface area (Å²) in [4.78, 5) is 15.1. The molecular weight excluding hydrogens is 458 g/mol. The van der Waals surface area contributed by atoms with E-state index in [2.05, 4.69) is 11.0 Å². The summed E-state index contributed by atoms with van der Waals surface area (Å²) in [5.74, 6) is 0. The number of benzene rings is 2. The molecule has 0 radical (unpaired) electrons. The molecule has 0 bridgehead atoms. The molecule has 0 atom stereocenters. The van der Waals surface area contributed by atoms with Crippen LogP contribution in [0.2, 0.25) is 0 Å². The lowest BCUT2D eigenvalue weighted by Gasteiger charge is -2.30. The van der Waals surface area contributed by atoms with Gasteiger partial charge in [-0.2, -0.15) is 9.57 Å². The van der Waals surface area contributed by atoms with Crippen molar-refractivity contribution in [2.75, 3.05) is 57.4 Å². The lowest BCUT2D eigenvalue weighted by Crippen LogP contribution is -2.41. The Hall–Kier alpha value is -3.04. The standard InChI is InChI=1S/C23H27N5O5S/c24-17-19-2-4-20(5-3-19)18-25-8-1-9-26(11-10-25)22-7-6-21(28(29)30)16-23(22)34(31,32)27-12-14-33-15-13-27/h2-7,16H,1,8-15,18H2. The Morgan fingerprint density at radius 2 is 1.74 bits per heavy atom. The maximum absolute atomic E-state index is 13.5. The number of non-ortho nitro benzene ring substituents is 1. The smallest absolute Gasteiger partial charge is 0.270 e. The van der Waals surface area contributed by atoms with Crippen molar-refractivity contribution in [3.63, 3.8) is 0 Å². The molecule has 2 heterocycles. The van der Waals surface area contributed by atoms with Crippen LogP contribution in [0.4, 0.5) is 11.4 Å². The first-order chi connectivity index (χ1) is 16.4. The lowest BCUT2D eigenvalue weighted by atomic mass is 10.1. The zero-order chi connectivity index (χ0) is 24.1. The van der Waals surface area contributed by atoms with Crippen LogP contribution in [0.15, 0.2) is 47.4 Å². The first kappa shape index (κ1) is 24.1. The van der Waals surface area contributed by atoms with Gasteiger partial charge in [0, 0.05) is 57.9 Å². The van der Waals surface area contributed by atoms with Crippen LogP contribution in [0.1, 0.15) is 17.5 Å². The molecule has 0 aliphatic carbocycles. The van der Waals surface area contributed by atoms with E-state index in [4.69, 9.17) is 10.00 Å². The van der Waals surface area contributed by atoms with Crippen LogP contribution in [-0.4, -0.2) is 75.0 Å². The highest BCUT2D eigenvalue weighted by molar-refractivity contribution is 7.89. The third-order valence-corrected chi connectivity index (χ3v) is 8.09. The van der Waals surface area contributed by atoms with Crippen molar-refractivity contribution in [1.29, 1.82) is 5.26 Å². The monoisotopic (exact) mass is 485 g/mol. The molecule has 0 N–H and O–H groups in total. The number of hydrogen-bond acceptors (Lipinski definition) is 8. The van der Waals surface area contributed by atoms with Crippen molar-refractivity contribution in [2.45, 2.75) is 17.9 Å². The predicted octanol–water partition coefficient (Wildman–Crippen LogP) is 2.20. The summed E-state index contributed by atoms with van der Waals surface area (Å²) in [6.45, 7) is 4.59. The van der Waals surface area contributed by atoms with Crippen LogP contribution in [0, 0.1) is 21.4 Å². The molecule has 2 aliphatic rings. The minimum Gasteiger partial charge on any atom is -0.379 e. The summed E-state index contributed by atoms with van der Waals surface area (Å²) < 4.78 is 33.5. The number of anilines is 1. The average Bonchev–Trinajstić information content (AvgIpc) is 3.10. The zero-order valence-corrected chi connectivity index (χ0v) is 19.6. The molecule has 11 heteroatoms. The predicted molar refractivity (Wildman–Crippen MR) is 126 cm³/mol. The third kappa shape index (κ3) is 5.37. The van der Waals surface area contributed by atoms with E-state index in [0.29, 0.717) is 44.1 Å². The molecular formula is C23H27N5O5S. The van der Waals surface area contributed by atoms with Gasteiger partial charge in [0.25, 0.3) is 5.69 Å². The van der Waals surface area contributed by atoms with Crippen LogP contribution in [0.5, 0.6) is 0 Å². The van der Waals surface area contributed by atoms with Crippen molar-refractivity contribution in [1.82, 2.24) is 9.21 Å². The van der Waals surface area contributed by atoms with Crippen LogP contribution in [0.3, 0.4) is 0 Å². The summed E-state index contributed by atoms with van der Waals surface area (Å²) in [5.41, 5.74) is 1.99. The van der Waals surface area contributed by atoms with Gasteiger partial charge in [0.1, 0.15) is 4.90 Å². The van der Waals surface area contributed by atoms with Crippen molar-refractivity contribution < 1.29 is 18.1 Å². The molecule has 0 spiro atoms. The van der Waals surface area contributed by atoms with Crippen LogP contribution in [0.25, 0.3) is 0 Å². The topological polar surface area (TPSA) is 120 Å². The summed E-state index contributed by atoms with van der Waals surface area (Å²) in [5, 5.41) is 20.4. The minimum absolute atomic E-state index is 0.0239. The van der Waals surface area contributed by atoms with E-state index in [9.17, 15) is 18.5 Å². The Bertz CT molecular complexity index is 1170. The Morgan fingerprint density at radius 1 is 1.00 bits per heavy atom. The maximum atomic E-state index is 13.5. The molecule has 0 saturated carbocycles. The molecule has 2 saturated heterocycles. The van der Waals surface area contributed by atoms with E-state index in [-0.39, 0.29) is 23.7 Å². The van der Waals surface area contributed by atoms with E-state index in [0.717, 1.165) is 25.1 Å². The zero-order valence-electron chi connectivity index (χ0n) is 18.8. The number of nitro benzene ring substituents is 1. The molecule has 10 nitrogen and oxygen atoms in total. The fourth-order valence-corrected chi connectivity index (χ4v) is 5.96. The molecule has 2 aromatic rings. The Morgan fingerprint density at radius 3 is 2.41 bits per heavy atom. The van der Waals surface area contributed by atoms with Gasteiger partial charge in [0.15, 0.2) is 0 Å². The van der Waals surface area contributed by atoms with Crippen molar-refractivity contribution in [3.05, 3.63) is 63.7 Å². The first-order valence-corrected chi connectivity index (χ1v) is 12.6. The SMILES string of the molecule is N#Cc1ccc(CN2CCCN(c3ccc([N+](=O)[O-])cc3S(=O)(=O)N3CCOCC3)CC2)cc1. The average molecular weight is 486 g/mol. The summed E-state index contributed by atoms with van der Waals surface area (Å²) in [7, 11) is -3.91.